The molecule has 0 N–H and O–H groups in total. The molecule has 0 aliphatic rings. The predicted molar refractivity (Wildman–Crippen MR) is 178 cm³/mol. The van der Waals surface area contributed by atoms with Crippen LogP contribution in [0.1, 0.15) is 162 Å². The Labute approximate surface area is 254 Å². The second-order valence-electron chi connectivity index (χ2n) is 16.4. The van der Waals surface area contributed by atoms with E-state index in [0.717, 1.165) is 38.5 Å². The first-order valence-electron chi connectivity index (χ1n) is 17.4. The fraction of sp³-hybridized carbons (Fsp3) is 1.00. The van der Waals surface area contributed by atoms with Crippen molar-refractivity contribution in [3.05, 3.63) is 0 Å². The van der Waals surface area contributed by atoms with Crippen LogP contribution in [0.15, 0.2) is 0 Å². The molecule has 0 aliphatic carbocycles. The Kier molecular flexibility index (Phi) is 21.6. The van der Waals surface area contributed by atoms with E-state index in [0.29, 0.717) is 53.3 Å². The monoisotopic (exact) mass is 567 g/mol. The summed E-state index contributed by atoms with van der Waals surface area (Å²) in [5, 5.41) is 0. The van der Waals surface area contributed by atoms with Gasteiger partial charge in [0, 0.05) is 18.3 Å². The molecule has 0 aromatic carbocycles. The van der Waals surface area contributed by atoms with Crippen LogP contribution in [0.2, 0.25) is 0 Å². The van der Waals surface area contributed by atoms with Crippen molar-refractivity contribution in [1.82, 2.24) is 0 Å². The lowest BCUT2D eigenvalue weighted by Gasteiger charge is -2.33. The van der Waals surface area contributed by atoms with Crippen molar-refractivity contribution in [1.29, 1.82) is 0 Å². The fourth-order valence-corrected chi connectivity index (χ4v) is 6.82. The normalized spacial score (nSPS) is 17.3. The Bertz CT molecular complexity index is 508. The van der Waals surface area contributed by atoms with Crippen molar-refractivity contribution < 1.29 is 14.0 Å². The highest BCUT2D eigenvalue weighted by Gasteiger charge is 2.35. The van der Waals surface area contributed by atoms with Crippen LogP contribution in [-0.4, -0.2) is 25.6 Å². The van der Waals surface area contributed by atoms with E-state index in [1.807, 2.05) is 0 Å². The van der Waals surface area contributed by atoms with Gasteiger partial charge in [0.2, 0.25) is 0 Å². The molecule has 0 aromatic rings. The van der Waals surface area contributed by atoms with Gasteiger partial charge in [-0.1, -0.05) is 104 Å². The highest BCUT2D eigenvalue weighted by molar-refractivity contribution is 6.36. The predicted octanol–water partition coefficient (Wildman–Crippen LogP) is 11.5. The minimum absolute atomic E-state index is 0.152. The summed E-state index contributed by atoms with van der Waals surface area (Å²) in [6, 6.07) is 0. The Morgan fingerprint density at radius 3 is 0.675 bits per heavy atom. The molecule has 0 aromatic heterocycles. The maximum absolute atomic E-state index is 6.92. The van der Waals surface area contributed by atoms with Crippen LogP contribution in [-0.2, 0) is 14.0 Å². The van der Waals surface area contributed by atoms with Crippen LogP contribution < -0.4 is 0 Å². The van der Waals surface area contributed by atoms with Crippen LogP contribution in [0.4, 0.5) is 0 Å². The standard InChI is InChI=1S/C36H75BO3/c1-25(2)16-31(13)22-34(19-28(7)8)38-37(39-35(20-29(9)10)23-32(14)17-26(3)4)40-36(21-30(11)12)24-33(15)18-27(5)6/h25-36H,16-24H2,1-15H3. The van der Waals surface area contributed by atoms with Gasteiger partial charge in [-0.05, 0) is 111 Å². The van der Waals surface area contributed by atoms with Crippen molar-refractivity contribution in [2.75, 3.05) is 0 Å². The first-order chi connectivity index (χ1) is 18.5. The smallest absolute Gasteiger partial charge is 0.383 e. The molecule has 3 nitrogen and oxygen atoms in total. The second-order valence-corrected chi connectivity index (χ2v) is 16.4. The lowest BCUT2D eigenvalue weighted by Crippen LogP contribution is -2.41. The molecule has 6 unspecified atom stereocenters. The molecule has 0 fully saturated rings. The van der Waals surface area contributed by atoms with E-state index in [-0.39, 0.29) is 18.3 Å². The summed E-state index contributed by atoms with van der Waals surface area (Å²) in [5.74, 6) is 5.71. The van der Waals surface area contributed by atoms with E-state index < -0.39 is 7.32 Å². The Morgan fingerprint density at radius 1 is 0.300 bits per heavy atom. The lowest BCUT2D eigenvalue weighted by atomic mass is 9.88. The zero-order valence-corrected chi connectivity index (χ0v) is 30.1. The van der Waals surface area contributed by atoms with E-state index >= 15 is 0 Å². The van der Waals surface area contributed by atoms with Crippen LogP contribution in [0.25, 0.3) is 0 Å². The molecule has 240 valence electrons. The average Bonchev–Trinajstić information content (AvgIpc) is 2.69. The van der Waals surface area contributed by atoms with Crippen LogP contribution in [0.3, 0.4) is 0 Å². The number of hydrogen-bond donors (Lipinski definition) is 0. The summed E-state index contributed by atoms with van der Waals surface area (Å²) in [6.07, 6.45) is 10.5. The summed E-state index contributed by atoms with van der Waals surface area (Å²) in [5.41, 5.74) is 0. The van der Waals surface area contributed by atoms with Crippen LogP contribution >= 0.6 is 0 Å². The molecule has 0 saturated carbocycles. The van der Waals surface area contributed by atoms with E-state index in [1.165, 1.54) is 19.3 Å². The molecular weight excluding hydrogens is 491 g/mol. The van der Waals surface area contributed by atoms with Gasteiger partial charge < -0.3 is 14.0 Å². The zero-order chi connectivity index (χ0) is 31.0. The summed E-state index contributed by atoms with van der Waals surface area (Å²) in [7, 11) is -0.597. The minimum atomic E-state index is -0.597. The molecule has 40 heavy (non-hydrogen) atoms. The zero-order valence-electron chi connectivity index (χ0n) is 30.1. The van der Waals surface area contributed by atoms with Gasteiger partial charge in [0.1, 0.15) is 0 Å². The molecule has 0 spiro atoms. The van der Waals surface area contributed by atoms with E-state index in [4.69, 9.17) is 14.0 Å². The first-order valence-corrected chi connectivity index (χ1v) is 17.4. The Morgan fingerprint density at radius 2 is 0.500 bits per heavy atom. The van der Waals surface area contributed by atoms with E-state index in [1.54, 1.807) is 0 Å². The van der Waals surface area contributed by atoms with Gasteiger partial charge in [-0.3, -0.25) is 0 Å². The third kappa shape index (κ3) is 22.5. The van der Waals surface area contributed by atoms with Crippen molar-refractivity contribution in [2.45, 2.75) is 180 Å². The molecule has 6 atom stereocenters. The van der Waals surface area contributed by atoms with Crippen molar-refractivity contribution in [3.63, 3.8) is 0 Å². The van der Waals surface area contributed by atoms with Gasteiger partial charge in [0.05, 0.1) is 0 Å². The van der Waals surface area contributed by atoms with Gasteiger partial charge in [-0.25, -0.2) is 0 Å². The quantitative estimate of drug-likeness (QED) is 0.109. The lowest BCUT2D eigenvalue weighted by molar-refractivity contribution is -0.0204. The molecule has 0 rings (SSSR count). The summed E-state index contributed by atoms with van der Waals surface area (Å²) >= 11 is 0. The molecule has 0 bridgehead atoms. The average molecular weight is 567 g/mol. The molecule has 0 amide bonds. The highest BCUT2D eigenvalue weighted by Crippen LogP contribution is 2.28. The van der Waals surface area contributed by atoms with Gasteiger partial charge in [0.25, 0.3) is 0 Å². The van der Waals surface area contributed by atoms with Gasteiger partial charge in [-0.15, -0.1) is 0 Å². The van der Waals surface area contributed by atoms with Gasteiger partial charge in [-0.2, -0.15) is 0 Å². The fourth-order valence-electron chi connectivity index (χ4n) is 6.82. The third-order valence-corrected chi connectivity index (χ3v) is 7.73. The van der Waals surface area contributed by atoms with E-state index in [9.17, 15) is 0 Å². The molecule has 0 radical (unpaired) electrons. The highest BCUT2D eigenvalue weighted by atomic mass is 16.7. The SMILES string of the molecule is CC(C)CC(C)CC(CC(C)C)OB(OC(CC(C)C)CC(C)CC(C)C)OC(CC(C)C)CC(C)CC(C)C. The maximum atomic E-state index is 6.92. The third-order valence-electron chi connectivity index (χ3n) is 7.73. The molecule has 0 aliphatic heterocycles. The molecule has 0 heterocycles. The number of hydrogen-bond acceptors (Lipinski definition) is 3. The first kappa shape index (κ1) is 39.9. The maximum Gasteiger partial charge on any atom is 0.640 e. The summed E-state index contributed by atoms with van der Waals surface area (Å²) in [4.78, 5) is 0. The molecule has 4 heteroatoms. The van der Waals surface area contributed by atoms with Crippen molar-refractivity contribution in [2.24, 2.45) is 53.3 Å². The minimum Gasteiger partial charge on any atom is -0.383 e. The van der Waals surface area contributed by atoms with Gasteiger partial charge >= 0.3 is 7.32 Å². The Balaban J connectivity index is 6.06. The largest absolute Gasteiger partial charge is 0.640 e. The van der Waals surface area contributed by atoms with Gasteiger partial charge in [0.15, 0.2) is 0 Å². The summed E-state index contributed by atoms with van der Waals surface area (Å²) < 4.78 is 20.8. The van der Waals surface area contributed by atoms with Crippen LogP contribution in [0.5, 0.6) is 0 Å². The van der Waals surface area contributed by atoms with Crippen molar-refractivity contribution >= 4 is 7.32 Å². The molecular formula is C36H75BO3. The number of rotatable bonds is 24. The Hall–Kier alpha value is -0.0551. The summed E-state index contributed by atoms with van der Waals surface area (Å²) in [6.45, 7) is 35.0. The topological polar surface area (TPSA) is 27.7 Å². The van der Waals surface area contributed by atoms with E-state index in [2.05, 4.69) is 104 Å². The van der Waals surface area contributed by atoms with Crippen LogP contribution in [0, 0.1) is 53.3 Å². The molecule has 0 saturated heterocycles. The van der Waals surface area contributed by atoms with Crippen molar-refractivity contribution in [3.8, 4) is 0 Å². The second kappa shape index (κ2) is 21.6.